The molecule has 0 saturated carbocycles. The Balaban J connectivity index is 1.84. The molecule has 2 aromatic carbocycles. The Labute approximate surface area is 150 Å². The van der Waals surface area contributed by atoms with Crippen molar-refractivity contribution in [3.8, 4) is 5.75 Å². The lowest BCUT2D eigenvalue weighted by molar-refractivity contribution is -0.130. The van der Waals surface area contributed by atoms with Crippen molar-refractivity contribution < 1.29 is 14.3 Å². The summed E-state index contributed by atoms with van der Waals surface area (Å²) in [5, 5.41) is 6.64. The van der Waals surface area contributed by atoms with Gasteiger partial charge in [-0.25, -0.2) is 0 Å². The SMILES string of the molecule is CN(C)C(=O)COc1ccccc1C1NC(=O)c2cc(Cl)ccc2N1. The molecule has 0 spiro atoms. The molecule has 0 radical (unpaired) electrons. The van der Waals surface area contributed by atoms with E-state index >= 15 is 0 Å². The maximum absolute atomic E-state index is 12.4. The zero-order valence-corrected chi connectivity index (χ0v) is 14.6. The Morgan fingerprint density at radius 2 is 1.96 bits per heavy atom. The van der Waals surface area contributed by atoms with Gasteiger partial charge in [-0.2, -0.15) is 0 Å². The van der Waals surface area contributed by atoms with Gasteiger partial charge in [0.05, 0.1) is 5.56 Å². The van der Waals surface area contributed by atoms with Gasteiger partial charge in [-0.15, -0.1) is 0 Å². The molecule has 0 saturated heterocycles. The average molecular weight is 360 g/mol. The highest BCUT2D eigenvalue weighted by atomic mass is 35.5. The first-order valence-corrected chi connectivity index (χ1v) is 8.12. The van der Waals surface area contributed by atoms with Crippen LogP contribution in [-0.4, -0.2) is 37.4 Å². The monoisotopic (exact) mass is 359 g/mol. The fourth-order valence-corrected chi connectivity index (χ4v) is 2.68. The van der Waals surface area contributed by atoms with Gasteiger partial charge in [-0.05, 0) is 24.3 Å². The van der Waals surface area contributed by atoms with Crippen molar-refractivity contribution in [1.29, 1.82) is 0 Å². The average Bonchev–Trinajstić information content (AvgIpc) is 2.60. The summed E-state index contributed by atoms with van der Waals surface area (Å²) in [5.41, 5.74) is 1.92. The fraction of sp³-hybridized carbons (Fsp3) is 0.222. The highest BCUT2D eigenvalue weighted by molar-refractivity contribution is 6.31. The first-order chi connectivity index (χ1) is 12.0. The Kier molecular flexibility index (Phi) is 4.81. The molecule has 1 atom stereocenters. The highest BCUT2D eigenvalue weighted by Gasteiger charge is 2.26. The molecule has 25 heavy (non-hydrogen) atoms. The zero-order chi connectivity index (χ0) is 18.0. The third kappa shape index (κ3) is 3.69. The summed E-state index contributed by atoms with van der Waals surface area (Å²) in [6.07, 6.45) is -0.466. The number of fused-ring (bicyclic) bond motifs is 1. The van der Waals surface area contributed by atoms with Crippen molar-refractivity contribution in [3.05, 3.63) is 58.6 Å². The second-order valence-electron chi connectivity index (χ2n) is 5.86. The fourth-order valence-electron chi connectivity index (χ4n) is 2.51. The van der Waals surface area contributed by atoms with Crippen molar-refractivity contribution in [1.82, 2.24) is 10.2 Å². The number of anilines is 1. The molecule has 0 fully saturated rings. The molecule has 2 N–H and O–H groups in total. The maximum atomic E-state index is 12.4. The number of amides is 2. The van der Waals surface area contributed by atoms with Crippen molar-refractivity contribution in [2.24, 2.45) is 0 Å². The molecular formula is C18H18ClN3O3. The van der Waals surface area contributed by atoms with Gasteiger partial charge in [-0.1, -0.05) is 29.8 Å². The molecule has 1 heterocycles. The van der Waals surface area contributed by atoms with Gasteiger partial charge < -0.3 is 20.3 Å². The standard InChI is InChI=1S/C18H18ClN3O3/c1-22(2)16(23)10-25-15-6-4-3-5-12(15)17-20-14-8-7-11(19)9-13(14)18(24)21-17/h3-9,17,20H,10H2,1-2H3,(H,21,24). The summed E-state index contributed by atoms with van der Waals surface area (Å²) in [4.78, 5) is 25.6. The lowest BCUT2D eigenvalue weighted by Crippen LogP contribution is -2.38. The predicted octanol–water partition coefficient (Wildman–Crippen LogP) is 2.66. The molecule has 1 unspecified atom stereocenters. The summed E-state index contributed by atoms with van der Waals surface area (Å²) in [6, 6.07) is 12.4. The number of carbonyl (C=O) groups excluding carboxylic acids is 2. The summed E-state index contributed by atoms with van der Waals surface area (Å²) in [7, 11) is 3.34. The minimum Gasteiger partial charge on any atom is -0.483 e. The maximum Gasteiger partial charge on any atom is 0.259 e. The van der Waals surface area contributed by atoms with E-state index in [2.05, 4.69) is 10.6 Å². The molecule has 0 bridgehead atoms. The summed E-state index contributed by atoms with van der Waals surface area (Å²) in [6.45, 7) is -0.0725. The first kappa shape index (κ1) is 17.1. The number of carbonyl (C=O) groups is 2. The van der Waals surface area contributed by atoms with Crippen LogP contribution in [0.4, 0.5) is 5.69 Å². The van der Waals surface area contributed by atoms with Crippen LogP contribution in [0.5, 0.6) is 5.75 Å². The van der Waals surface area contributed by atoms with Crippen LogP contribution in [0.2, 0.25) is 5.02 Å². The normalized spacial score (nSPS) is 15.6. The number of likely N-dealkylation sites (N-methyl/N-ethyl adjacent to an activating group) is 1. The number of nitrogens with one attached hydrogen (secondary N) is 2. The van der Waals surface area contributed by atoms with E-state index in [0.29, 0.717) is 22.0 Å². The molecule has 1 aliphatic rings. The van der Waals surface area contributed by atoms with E-state index in [1.54, 1.807) is 38.4 Å². The minimum atomic E-state index is -0.466. The van der Waals surface area contributed by atoms with Crippen molar-refractivity contribution in [2.45, 2.75) is 6.17 Å². The van der Waals surface area contributed by atoms with Crippen molar-refractivity contribution >= 4 is 29.1 Å². The zero-order valence-electron chi connectivity index (χ0n) is 13.9. The van der Waals surface area contributed by atoms with E-state index in [-0.39, 0.29) is 18.4 Å². The molecule has 1 aliphatic heterocycles. The molecule has 7 heteroatoms. The molecule has 130 valence electrons. The lowest BCUT2D eigenvalue weighted by Gasteiger charge is -2.29. The summed E-state index contributed by atoms with van der Waals surface area (Å²) in [5.74, 6) is 0.170. The molecule has 3 rings (SSSR count). The number of ether oxygens (including phenoxy) is 1. The topological polar surface area (TPSA) is 70.7 Å². The van der Waals surface area contributed by atoms with Crippen molar-refractivity contribution in [3.63, 3.8) is 0 Å². The Bertz CT molecular complexity index is 823. The second kappa shape index (κ2) is 7.03. The minimum absolute atomic E-state index is 0.0725. The predicted molar refractivity (Wildman–Crippen MR) is 95.9 cm³/mol. The third-order valence-electron chi connectivity index (χ3n) is 3.88. The Hall–Kier alpha value is -2.73. The molecule has 2 aromatic rings. The van der Waals surface area contributed by atoms with Crippen LogP contribution < -0.4 is 15.4 Å². The van der Waals surface area contributed by atoms with Crippen LogP contribution in [0.15, 0.2) is 42.5 Å². The second-order valence-corrected chi connectivity index (χ2v) is 6.29. The van der Waals surface area contributed by atoms with E-state index in [0.717, 1.165) is 5.56 Å². The van der Waals surface area contributed by atoms with Gasteiger partial charge in [0, 0.05) is 30.4 Å². The number of hydrogen-bond acceptors (Lipinski definition) is 4. The van der Waals surface area contributed by atoms with Crippen LogP contribution in [-0.2, 0) is 4.79 Å². The molecule has 6 nitrogen and oxygen atoms in total. The molecular weight excluding hydrogens is 342 g/mol. The molecule has 0 aromatic heterocycles. The van der Waals surface area contributed by atoms with E-state index in [1.165, 1.54) is 4.90 Å². The van der Waals surface area contributed by atoms with Gasteiger partial charge in [-0.3, -0.25) is 9.59 Å². The van der Waals surface area contributed by atoms with Gasteiger partial charge in [0.1, 0.15) is 11.9 Å². The Morgan fingerprint density at radius 1 is 1.20 bits per heavy atom. The number of nitrogens with zero attached hydrogens (tertiary/aromatic N) is 1. The van der Waals surface area contributed by atoms with Gasteiger partial charge >= 0.3 is 0 Å². The van der Waals surface area contributed by atoms with E-state index in [9.17, 15) is 9.59 Å². The Morgan fingerprint density at radius 3 is 2.72 bits per heavy atom. The number of benzene rings is 2. The quantitative estimate of drug-likeness (QED) is 0.880. The van der Waals surface area contributed by atoms with E-state index < -0.39 is 6.17 Å². The van der Waals surface area contributed by atoms with Gasteiger partial charge in [0.25, 0.3) is 11.8 Å². The van der Waals surface area contributed by atoms with Crippen LogP contribution in [0, 0.1) is 0 Å². The van der Waals surface area contributed by atoms with E-state index in [4.69, 9.17) is 16.3 Å². The van der Waals surface area contributed by atoms with Crippen LogP contribution >= 0.6 is 11.6 Å². The summed E-state index contributed by atoms with van der Waals surface area (Å²) < 4.78 is 5.65. The van der Waals surface area contributed by atoms with Crippen LogP contribution in [0.25, 0.3) is 0 Å². The van der Waals surface area contributed by atoms with Gasteiger partial charge in [0.2, 0.25) is 0 Å². The van der Waals surface area contributed by atoms with Crippen LogP contribution in [0.3, 0.4) is 0 Å². The van der Waals surface area contributed by atoms with E-state index in [1.807, 2.05) is 18.2 Å². The smallest absolute Gasteiger partial charge is 0.259 e. The largest absolute Gasteiger partial charge is 0.483 e. The van der Waals surface area contributed by atoms with Crippen molar-refractivity contribution in [2.75, 3.05) is 26.0 Å². The molecule has 0 aliphatic carbocycles. The number of hydrogen-bond donors (Lipinski definition) is 2. The number of halogens is 1. The van der Waals surface area contributed by atoms with Crippen LogP contribution in [0.1, 0.15) is 22.1 Å². The molecule has 2 amide bonds. The van der Waals surface area contributed by atoms with Gasteiger partial charge in [0.15, 0.2) is 6.61 Å². The number of para-hydroxylation sites is 1. The first-order valence-electron chi connectivity index (χ1n) is 7.74. The third-order valence-corrected chi connectivity index (χ3v) is 4.12. The number of rotatable bonds is 4. The lowest BCUT2D eigenvalue weighted by atomic mass is 10.1. The highest BCUT2D eigenvalue weighted by Crippen LogP contribution is 2.32. The summed E-state index contributed by atoms with van der Waals surface area (Å²) >= 11 is 5.95.